The van der Waals surface area contributed by atoms with E-state index in [1.54, 1.807) is 31.4 Å². The van der Waals surface area contributed by atoms with Crippen LogP contribution in [0.1, 0.15) is 34.3 Å². The van der Waals surface area contributed by atoms with Crippen LogP contribution < -0.4 is 10.1 Å². The Balaban J connectivity index is 1.76. The number of nitrogens with one attached hydrogen (secondary N) is 1. The van der Waals surface area contributed by atoms with Crippen LogP contribution in [0.5, 0.6) is 5.75 Å². The fraction of sp³-hybridized carbons (Fsp3) is 0.263. The Hall–Kier alpha value is -2.62. The summed E-state index contributed by atoms with van der Waals surface area (Å²) < 4.78 is 5.05. The van der Waals surface area contributed by atoms with Crippen LogP contribution in [0.4, 0.5) is 0 Å². The van der Waals surface area contributed by atoms with E-state index in [-0.39, 0.29) is 24.5 Å². The molecule has 120 valence electrons. The molecule has 2 aromatic rings. The van der Waals surface area contributed by atoms with E-state index in [2.05, 4.69) is 5.32 Å². The van der Waals surface area contributed by atoms with Gasteiger partial charge in [0.05, 0.1) is 7.11 Å². The SMILES string of the molecule is COc1ccc(C(=O)CCC(=O)NCc2ccc(C)cc2)cc1. The van der Waals surface area contributed by atoms with Crippen LogP contribution in [0.25, 0.3) is 0 Å². The molecular formula is C19H21NO3. The fourth-order valence-electron chi connectivity index (χ4n) is 2.14. The third kappa shape index (κ3) is 5.25. The molecule has 0 fully saturated rings. The Morgan fingerprint density at radius 1 is 0.957 bits per heavy atom. The van der Waals surface area contributed by atoms with Gasteiger partial charge in [0.2, 0.25) is 5.91 Å². The van der Waals surface area contributed by atoms with Gasteiger partial charge in [0.25, 0.3) is 0 Å². The number of hydrogen-bond acceptors (Lipinski definition) is 3. The zero-order valence-electron chi connectivity index (χ0n) is 13.5. The zero-order valence-corrected chi connectivity index (χ0v) is 13.5. The summed E-state index contributed by atoms with van der Waals surface area (Å²) in [5, 5.41) is 2.83. The van der Waals surface area contributed by atoms with Crippen molar-refractivity contribution in [1.29, 1.82) is 0 Å². The van der Waals surface area contributed by atoms with Gasteiger partial charge in [0.15, 0.2) is 5.78 Å². The second kappa shape index (κ2) is 8.13. The van der Waals surface area contributed by atoms with Crippen LogP contribution >= 0.6 is 0 Å². The molecule has 4 nitrogen and oxygen atoms in total. The Bertz CT molecular complexity index is 660. The smallest absolute Gasteiger partial charge is 0.220 e. The molecule has 4 heteroatoms. The molecule has 0 radical (unpaired) electrons. The minimum atomic E-state index is -0.118. The number of aryl methyl sites for hydroxylation is 1. The van der Waals surface area contributed by atoms with Gasteiger partial charge in [-0.05, 0) is 36.8 Å². The molecule has 0 atom stereocenters. The number of rotatable bonds is 7. The highest BCUT2D eigenvalue weighted by Crippen LogP contribution is 2.13. The van der Waals surface area contributed by atoms with E-state index in [0.29, 0.717) is 17.9 Å². The molecule has 0 aliphatic rings. The summed E-state index contributed by atoms with van der Waals surface area (Å²) in [6.45, 7) is 2.50. The molecule has 0 saturated carbocycles. The van der Waals surface area contributed by atoms with Crippen molar-refractivity contribution >= 4 is 11.7 Å². The van der Waals surface area contributed by atoms with E-state index in [0.717, 1.165) is 5.56 Å². The van der Waals surface area contributed by atoms with Crippen molar-refractivity contribution in [1.82, 2.24) is 5.32 Å². The third-order valence-electron chi connectivity index (χ3n) is 3.60. The van der Waals surface area contributed by atoms with Crippen molar-refractivity contribution in [3.63, 3.8) is 0 Å². The fourth-order valence-corrected chi connectivity index (χ4v) is 2.14. The lowest BCUT2D eigenvalue weighted by molar-refractivity contribution is -0.121. The highest BCUT2D eigenvalue weighted by molar-refractivity contribution is 5.98. The van der Waals surface area contributed by atoms with Crippen LogP contribution in [0.3, 0.4) is 0 Å². The first-order valence-corrected chi connectivity index (χ1v) is 7.58. The molecule has 1 N–H and O–H groups in total. The third-order valence-corrected chi connectivity index (χ3v) is 3.60. The molecule has 0 saturated heterocycles. The van der Waals surface area contributed by atoms with Gasteiger partial charge in [-0.15, -0.1) is 0 Å². The molecule has 0 aliphatic carbocycles. The van der Waals surface area contributed by atoms with Gasteiger partial charge in [0, 0.05) is 24.9 Å². The average molecular weight is 311 g/mol. The van der Waals surface area contributed by atoms with Crippen LogP contribution in [0.2, 0.25) is 0 Å². The molecule has 0 spiro atoms. The van der Waals surface area contributed by atoms with Crippen LogP contribution in [-0.4, -0.2) is 18.8 Å². The van der Waals surface area contributed by atoms with Crippen molar-refractivity contribution in [2.75, 3.05) is 7.11 Å². The Kier molecular flexibility index (Phi) is 5.92. The monoisotopic (exact) mass is 311 g/mol. The molecule has 1 amide bonds. The van der Waals surface area contributed by atoms with E-state index in [1.165, 1.54) is 5.56 Å². The first-order chi connectivity index (χ1) is 11.1. The van der Waals surface area contributed by atoms with Crippen LogP contribution in [0.15, 0.2) is 48.5 Å². The maximum atomic E-state index is 12.0. The molecule has 0 bridgehead atoms. The van der Waals surface area contributed by atoms with Gasteiger partial charge in [0.1, 0.15) is 5.75 Å². The van der Waals surface area contributed by atoms with Crippen molar-refractivity contribution in [3.05, 3.63) is 65.2 Å². The Labute approximate surface area is 136 Å². The number of methoxy groups -OCH3 is 1. The molecule has 0 unspecified atom stereocenters. The van der Waals surface area contributed by atoms with Gasteiger partial charge in [-0.1, -0.05) is 29.8 Å². The minimum Gasteiger partial charge on any atom is -0.497 e. The van der Waals surface area contributed by atoms with E-state index >= 15 is 0 Å². The van der Waals surface area contributed by atoms with Gasteiger partial charge >= 0.3 is 0 Å². The molecule has 0 heterocycles. The average Bonchev–Trinajstić information content (AvgIpc) is 2.59. The number of amides is 1. The number of hydrogen-bond donors (Lipinski definition) is 1. The molecule has 0 aromatic heterocycles. The lowest BCUT2D eigenvalue weighted by Crippen LogP contribution is -2.23. The van der Waals surface area contributed by atoms with E-state index in [4.69, 9.17) is 4.74 Å². The number of ketones is 1. The van der Waals surface area contributed by atoms with Gasteiger partial charge < -0.3 is 10.1 Å². The molecule has 23 heavy (non-hydrogen) atoms. The highest BCUT2D eigenvalue weighted by atomic mass is 16.5. The van der Waals surface area contributed by atoms with Gasteiger partial charge in [-0.2, -0.15) is 0 Å². The van der Waals surface area contributed by atoms with E-state index in [1.807, 2.05) is 31.2 Å². The molecule has 2 aromatic carbocycles. The van der Waals surface area contributed by atoms with Crippen molar-refractivity contribution in [2.24, 2.45) is 0 Å². The second-order valence-corrected chi connectivity index (χ2v) is 5.41. The van der Waals surface area contributed by atoms with E-state index < -0.39 is 0 Å². The van der Waals surface area contributed by atoms with Gasteiger partial charge in [-0.3, -0.25) is 9.59 Å². The van der Waals surface area contributed by atoms with Crippen molar-refractivity contribution < 1.29 is 14.3 Å². The van der Waals surface area contributed by atoms with Crippen LogP contribution in [-0.2, 0) is 11.3 Å². The van der Waals surface area contributed by atoms with Crippen molar-refractivity contribution in [3.8, 4) is 5.75 Å². The first kappa shape index (κ1) is 16.7. The van der Waals surface area contributed by atoms with Crippen molar-refractivity contribution in [2.45, 2.75) is 26.3 Å². The summed E-state index contributed by atoms with van der Waals surface area (Å²) in [7, 11) is 1.58. The standard InChI is InChI=1S/C19H21NO3/c1-14-3-5-15(6-4-14)13-20-19(22)12-11-18(21)16-7-9-17(23-2)10-8-16/h3-10H,11-13H2,1-2H3,(H,20,22). The summed E-state index contributed by atoms with van der Waals surface area (Å²) in [6, 6.07) is 14.9. The maximum Gasteiger partial charge on any atom is 0.220 e. The summed E-state index contributed by atoms with van der Waals surface area (Å²) >= 11 is 0. The van der Waals surface area contributed by atoms with Gasteiger partial charge in [-0.25, -0.2) is 0 Å². The van der Waals surface area contributed by atoms with E-state index in [9.17, 15) is 9.59 Å². The lowest BCUT2D eigenvalue weighted by atomic mass is 10.1. The number of Topliss-reactive ketones (excluding diaryl/α,β-unsaturated/α-hetero) is 1. The number of ether oxygens (including phenoxy) is 1. The number of carbonyl (C=O) groups excluding carboxylic acids is 2. The predicted octanol–water partition coefficient (Wildman–Crippen LogP) is 3.28. The quantitative estimate of drug-likeness (QED) is 0.798. The molecular weight excluding hydrogens is 290 g/mol. The zero-order chi connectivity index (χ0) is 16.7. The predicted molar refractivity (Wildman–Crippen MR) is 89.6 cm³/mol. The normalized spacial score (nSPS) is 10.2. The summed E-state index contributed by atoms with van der Waals surface area (Å²) in [5.41, 5.74) is 2.83. The lowest BCUT2D eigenvalue weighted by Gasteiger charge is -2.06. The Morgan fingerprint density at radius 2 is 1.61 bits per heavy atom. The summed E-state index contributed by atoms with van der Waals surface area (Å²) in [5.74, 6) is 0.544. The number of benzene rings is 2. The largest absolute Gasteiger partial charge is 0.497 e. The highest BCUT2D eigenvalue weighted by Gasteiger charge is 2.09. The maximum absolute atomic E-state index is 12.0. The Morgan fingerprint density at radius 3 is 2.22 bits per heavy atom. The minimum absolute atomic E-state index is 0.0434. The number of carbonyl (C=O) groups is 2. The van der Waals surface area contributed by atoms with Crippen LogP contribution in [0, 0.1) is 6.92 Å². The summed E-state index contributed by atoms with van der Waals surface area (Å²) in [4.78, 5) is 23.9. The molecule has 2 rings (SSSR count). The second-order valence-electron chi connectivity index (χ2n) is 5.41. The molecule has 0 aliphatic heterocycles. The topological polar surface area (TPSA) is 55.4 Å². The summed E-state index contributed by atoms with van der Waals surface area (Å²) in [6.07, 6.45) is 0.392. The first-order valence-electron chi connectivity index (χ1n) is 7.58.